The topological polar surface area (TPSA) is 69.6 Å². The third kappa shape index (κ3) is 3.83. The number of hydrogen-bond donors (Lipinski definition) is 0. The second-order valence-corrected chi connectivity index (χ2v) is 8.83. The van der Waals surface area contributed by atoms with Crippen molar-refractivity contribution in [2.24, 2.45) is 0 Å². The second-order valence-electron chi connectivity index (χ2n) is 8.83. The minimum absolute atomic E-state index is 0.270. The summed E-state index contributed by atoms with van der Waals surface area (Å²) in [5.41, 5.74) is 5.57. The number of aryl methyl sites for hydroxylation is 3. The maximum atomic E-state index is 13.8. The van der Waals surface area contributed by atoms with Crippen molar-refractivity contribution in [2.75, 3.05) is 36.0 Å². The van der Waals surface area contributed by atoms with Gasteiger partial charge in [0.2, 0.25) is 5.95 Å². The molecule has 7 nitrogen and oxygen atoms in total. The molecule has 7 heteroatoms. The Kier molecular flexibility index (Phi) is 5.61. The fourth-order valence-electron chi connectivity index (χ4n) is 4.48. The largest absolute Gasteiger partial charge is 0.363 e. The summed E-state index contributed by atoms with van der Waals surface area (Å²) < 4.78 is 0. The van der Waals surface area contributed by atoms with Gasteiger partial charge in [-0.3, -0.25) is 9.59 Å². The van der Waals surface area contributed by atoms with E-state index in [1.54, 1.807) is 18.5 Å². The number of carbonyl (C=O) groups is 2. The molecule has 0 spiro atoms. The molecule has 3 heterocycles. The van der Waals surface area contributed by atoms with Gasteiger partial charge in [0.05, 0.1) is 11.3 Å². The number of imide groups is 1. The second kappa shape index (κ2) is 8.74. The molecule has 5 rings (SSSR count). The summed E-state index contributed by atoms with van der Waals surface area (Å²) in [6.07, 6.45) is 3.46. The number of aromatic nitrogens is 2. The van der Waals surface area contributed by atoms with E-state index in [0.29, 0.717) is 49.1 Å². The van der Waals surface area contributed by atoms with Gasteiger partial charge in [-0.15, -0.1) is 0 Å². The first kappa shape index (κ1) is 21.8. The van der Waals surface area contributed by atoms with Crippen LogP contribution in [0.1, 0.15) is 22.3 Å². The molecule has 172 valence electrons. The molecule has 0 saturated carbocycles. The van der Waals surface area contributed by atoms with E-state index in [1.165, 1.54) is 4.90 Å². The van der Waals surface area contributed by atoms with E-state index in [-0.39, 0.29) is 11.8 Å². The molecule has 0 radical (unpaired) electrons. The van der Waals surface area contributed by atoms with Crippen LogP contribution < -0.4 is 9.80 Å². The van der Waals surface area contributed by atoms with E-state index >= 15 is 0 Å². The van der Waals surface area contributed by atoms with Crippen molar-refractivity contribution < 1.29 is 9.59 Å². The van der Waals surface area contributed by atoms with Gasteiger partial charge < -0.3 is 9.80 Å². The maximum absolute atomic E-state index is 13.8. The molecular formula is C27H27N5O2. The van der Waals surface area contributed by atoms with Crippen LogP contribution in [0.15, 0.2) is 66.6 Å². The van der Waals surface area contributed by atoms with Gasteiger partial charge in [0.25, 0.3) is 11.8 Å². The first-order chi connectivity index (χ1) is 16.4. The van der Waals surface area contributed by atoms with Gasteiger partial charge in [-0.25, -0.2) is 14.9 Å². The highest BCUT2D eigenvalue weighted by Crippen LogP contribution is 2.36. The maximum Gasteiger partial charge on any atom is 0.282 e. The molecule has 2 aliphatic rings. The van der Waals surface area contributed by atoms with Gasteiger partial charge in [0.1, 0.15) is 5.70 Å². The van der Waals surface area contributed by atoms with E-state index in [9.17, 15) is 9.59 Å². The molecule has 2 amide bonds. The minimum Gasteiger partial charge on any atom is -0.363 e. The fraction of sp³-hybridized carbons (Fsp3) is 0.259. The Bertz CT molecular complexity index is 1280. The minimum atomic E-state index is -0.277. The summed E-state index contributed by atoms with van der Waals surface area (Å²) in [4.78, 5) is 41.7. The SMILES string of the molecule is Cc1ccc(C2=C(N3CCN(c4ncccn4)CC3)C(=O)N(c3ccc(C)c(C)c3)C2=O)cc1. The normalized spacial score (nSPS) is 16.6. The number of piperazine rings is 1. The number of carbonyl (C=O) groups excluding carboxylic acids is 2. The molecule has 2 aliphatic heterocycles. The van der Waals surface area contributed by atoms with Crippen LogP contribution in [0, 0.1) is 20.8 Å². The molecule has 0 N–H and O–H groups in total. The van der Waals surface area contributed by atoms with Crippen molar-refractivity contribution in [1.29, 1.82) is 0 Å². The summed E-state index contributed by atoms with van der Waals surface area (Å²) in [5, 5.41) is 0. The third-order valence-corrected chi connectivity index (χ3v) is 6.58. The first-order valence-electron chi connectivity index (χ1n) is 11.5. The molecule has 0 unspecified atom stereocenters. The lowest BCUT2D eigenvalue weighted by atomic mass is 10.0. The molecule has 34 heavy (non-hydrogen) atoms. The predicted molar refractivity (Wildman–Crippen MR) is 132 cm³/mol. The summed E-state index contributed by atoms with van der Waals surface area (Å²) in [5.74, 6) is 0.134. The standard InChI is InChI=1S/C27H27N5O2/c1-18-5-8-21(9-6-18)23-24(30-13-15-31(16-14-30)27-28-11-4-12-29-27)26(34)32(25(23)33)22-10-7-19(2)20(3)17-22/h4-12,17H,13-16H2,1-3H3. The van der Waals surface area contributed by atoms with Crippen LogP contribution in [0.4, 0.5) is 11.6 Å². The number of amides is 2. The molecule has 1 fully saturated rings. The van der Waals surface area contributed by atoms with Crippen LogP contribution >= 0.6 is 0 Å². The van der Waals surface area contributed by atoms with Crippen LogP contribution in [-0.4, -0.2) is 52.9 Å². The van der Waals surface area contributed by atoms with E-state index in [4.69, 9.17) is 0 Å². The number of hydrogen-bond acceptors (Lipinski definition) is 6. The Balaban J connectivity index is 1.51. The highest BCUT2D eigenvalue weighted by atomic mass is 16.2. The van der Waals surface area contributed by atoms with E-state index in [0.717, 1.165) is 22.3 Å². The lowest BCUT2D eigenvalue weighted by Gasteiger charge is -2.36. The summed E-state index contributed by atoms with van der Waals surface area (Å²) in [7, 11) is 0. The monoisotopic (exact) mass is 453 g/mol. The summed E-state index contributed by atoms with van der Waals surface area (Å²) in [6.45, 7) is 8.55. The Morgan fingerprint density at radius 1 is 0.735 bits per heavy atom. The van der Waals surface area contributed by atoms with Gasteiger partial charge in [-0.1, -0.05) is 35.9 Å². The zero-order chi connectivity index (χ0) is 23.8. The molecular weight excluding hydrogens is 426 g/mol. The van der Waals surface area contributed by atoms with Gasteiger partial charge in [0.15, 0.2) is 0 Å². The quantitative estimate of drug-likeness (QED) is 0.563. The molecule has 0 bridgehead atoms. The lowest BCUT2D eigenvalue weighted by molar-refractivity contribution is -0.120. The third-order valence-electron chi connectivity index (χ3n) is 6.58. The molecule has 1 saturated heterocycles. The molecule has 2 aromatic carbocycles. The summed E-state index contributed by atoms with van der Waals surface area (Å²) >= 11 is 0. The van der Waals surface area contributed by atoms with Gasteiger partial charge in [-0.2, -0.15) is 0 Å². The molecule has 3 aromatic rings. The van der Waals surface area contributed by atoms with Crippen molar-refractivity contribution in [3.05, 3.63) is 88.9 Å². The van der Waals surface area contributed by atoms with Gasteiger partial charge in [-0.05, 0) is 55.7 Å². The fourth-order valence-corrected chi connectivity index (χ4v) is 4.48. The van der Waals surface area contributed by atoms with Crippen molar-refractivity contribution in [3.8, 4) is 0 Å². The van der Waals surface area contributed by atoms with Crippen LogP contribution in [0.25, 0.3) is 5.57 Å². The zero-order valence-electron chi connectivity index (χ0n) is 19.7. The van der Waals surface area contributed by atoms with Crippen LogP contribution in [0.5, 0.6) is 0 Å². The van der Waals surface area contributed by atoms with Crippen molar-refractivity contribution >= 4 is 29.0 Å². The average molecular weight is 454 g/mol. The highest BCUT2D eigenvalue weighted by Gasteiger charge is 2.43. The number of rotatable bonds is 4. The Hall–Kier alpha value is -4.00. The van der Waals surface area contributed by atoms with Crippen LogP contribution in [0.3, 0.4) is 0 Å². The van der Waals surface area contributed by atoms with E-state index in [1.807, 2.05) is 68.1 Å². The molecule has 1 aromatic heterocycles. The average Bonchev–Trinajstić information content (AvgIpc) is 3.12. The van der Waals surface area contributed by atoms with Gasteiger partial charge >= 0.3 is 0 Å². The highest BCUT2D eigenvalue weighted by molar-refractivity contribution is 6.45. The Morgan fingerprint density at radius 3 is 2.03 bits per heavy atom. The lowest BCUT2D eigenvalue weighted by Crippen LogP contribution is -2.48. The smallest absolute Gasteiger partial charge is 0.282 e. The Labute approximate surface area is 199 Å². The van der Waals surface area contributed by atoms with Crippen molar-refractivity contribution in [3.63, 3.8) is 0 Å². The number of benzene rings is 2. The van der Waals surface area contributed by atoms with E-state index in [2.05, 4.69) is 14.9 Å². The Morgan fingerprint density at radius 2 is 1.38 bits per heavy atom. The van der Waals surface area contributed by atoms with E-state index < -0.39 is 0 Å². The number of anilines is 2. The van der Waals surface area contributed by atoms with Crippen LogP contribution in [0.2, 0.25) is 0 Å². The summed E-state index contributed by atoms with van der Waals surface area (Å²) in [6, 6.07) is 15.3. The molecule has 0 aliphatic carbocycles. The van der Waals surface area contributed by atoms with Gasteiger partial charge in [0, 0.05) is 38.6 Å². The van der Waals surface area contributed by atoms with Crippen molar-refractivity contribution in [1.82, 2.24) is 14.9 Å². The first-order valence-corrected chi connectivity index (χ1v) is 11.5. The predicted octanol–water partition coefficient (Wildman–Crippen LogP) is 3.51. The molecule has 0 atom stereocenters. The van der Waals surface area contributed by atoms with Crippen LogP contribution in [-0.2, 0) is 9.59 Å². The zero-order valence-corrected chi connectivity index (χ0v) is 19.7. The van der Waals surface area contributed by atoms with Crippen molar-refractivity contribution in [2.45, 2.75) is 20.8 Å². The number of nitrogens with zero attached hydrogens (tertiary/aromatic N) is 5.